The first-order valence-corrected chi connectivity index (χ1v) is 8.75. The van der Waals surface area contributed by atoms with E-state index in [0.29, 0.717) is 32.1 Å². The van der Waals surface area contributed by atoms with E-state index in [1.54, 1.807) is 11.9 Å². The van der Waals surface area contributed by atoms with Crippen LogP contribution in [0.1, 0.15) is 12.5 Å². The molecule has 6 nitrogen and oxygen atoms in total. The second kappa shape index (κ2) is 8.47. The number of hydrogen-bond donors (Lipinski definition) is 1. The molecule has 2 aromatic carbocycles. The summed E-state index contributed by atoms with van der Waals surface area (Å²) in [6, 6.07) is 15.1. The van der Waals surface area contributed by atoms with Crippen molar-refractivity contribution in [3.63, 3.8) is 0 Å². The Hall–Kier alpha value is -2.89. The van der Waals surface area contributed by atoms with Crippen molar-refractivity contribution >= 4 is 6.03 Å². The molecule has 6 heteroatoms. The second-order valence-electron chi connectivity index (χ2n) is 6.12. The van der Waals surface area contributed by atoms with E-state index in [9.17, 15) is 4.79 Å². The van der Waals surface area contributed by atoms with Gasteiger partial charge in [-0.15, -0.1) is 0 Å². The third-order valence-electron chi connectivity index (χ3n) is 4.05. The summed E-state index contributed by atoms with van der Waals surface area (Å²) in [5.41, 5.74) is 1.04. The van der Waals surface area contributed by atoms with Crippen LogP contribution in [0.25, 0.3) is 0 Å². The van der Waals surface area contributed by atoms with Crippen molar-refractivity contribution in [1.29, 1.82) is 0 Å². The summed E-state index contributed by atoms with van der Waals surface area (Å²) < 4.78 is 16.9. The molecule has 138 valence electrons. The van der Waals surface area contributed by atoms with Crippen molar-refractivity contribution in [2.45, 2.75) is 19.6 Å². The van der Waals surface area contributed by atoms with E-state index in [0.717, 1.165) is 17.1 Å². The number of carbonyl (C=O) groups is 1. The fourth-order valence-electron chi connectivity index (χ4n) is 2.70. The van der Waals surface area contributed by atoms with Gasteiger partial charge in [0.2, 0.25) is 0 Å². The van der Waals surface area contributed by atoms with Crippen LogP contribution in [0, 0.1) is 0 Å². The van der Waals surface area contributed by atoms with Gasteiger partial charge in [-0.2, -0.15) is 0 Å². The predicted molar refractivity (Wildman–Crippen MR) is 98.8 cm³/mol. The van der Waals surface area contributed by atoms with E-state index in [1.807, 2.05) is 55.5 Å². The predicted octanol–water partition coefficient (Wildman–Crippen LogP) is 3.07. The highest BCUT2D eigenvalue weighted by atomic mass is 16.6. The lowest BCUT2D eigenvalue weighted by molar-refractivity contribution is 0.0904. The minimum absolute atomic E-state index is 0.152. The van der Waals surface area contributed by atoms with Gasteiger partial charge in [0, 0.05) is 13.6 Å². The van der Waals surface area contributed by atoms with E-state index in [1.165, 1.54) is 0 Å². The smallest absolute Gasteiger partial charge is 0.317 e. The van der Waals surface area contributed by atoms with Crippen LogP contribution in [0.15, 0.2) is 48.5 Å². The molecule has 3 rings (SSSR count). The van der Waals surface area contributed by atoms with Crippen LogP contribution in [0.5, 0.6) is 17.2 Å². The van der Waals surface area contributed by atoms with E-state index in [2.05, 4.69) is 5.32 Å². The standard InChI is InChI=1S/C20H24N2O4/c1-3-24-16-10-8-15(9-11-16)13-22(2)20(23)21-12-17-14-25-18-6-4-5-7-19(18)26-17/h4-11,17H,3,12-14H2,1-2H3,(H,21,23)/t17-/m1/s1. The van der Waals surface area contributed by atoms with Crippen molar-refractivity contribution in [2.24, 2.45) is 0 Å². The Kier molecular flexibility index (Phi) is 5.84. The van der Waals surface area contributed by atoms with Gasteiger partial charge in [-0.25, -0.2) is 4.79 Å². The van der Waals surface area contributed by atoms with Crippen molar-refractivity contribution in [2.75, 3.05) is 26.8 Å². The number of urea groups is 1. The third-order valence-corrected chi connectivity index (χ3v) is 4.05. The zero-order chi connectivity index (χ0) is 18.4. The summed E-state index contributed by atoms with van der Waals surface area (Å²) in [5, 5.41) is 2.89. The minimum Gasteiger partial charge on any atom is -0.494 e. The fraction of sp³-hybridized carbons (Fsp3) is 0.350. The van der Waals surface area contributed by atoms with Crippen molar-refractivity contribution in [1.82, 2.24) is 10.2 Å². The normalized spacial score (nSPS) is 15.2. The molecule has 0 fully saturated rings. The molecule has 0 radical (unpaired) electrons. The molecule has 0 saturated heterocycles. The van der Waals surface area contributed by atoms with Gasteiger partial charge in [0.05, 0.1) is 13.2 Å². The average Bonchev–Trinajstić information content (AvgIpc) is 2.67. The first-order chi connectivity index (χ1) is 12.7. The summed E-state index contributed by atoms with van der Waals surface area (Å²) in [6.45, 7) is 3.91. The molecular formula is C20H24N2O4. The van der Waals surface area contributed by atoms with Crippen molar-refractivity contribution in [3.8, 4) is 17.2 Å². The quantitative estimate of drug-likeness (QED) is 0.864. The van der Waals surface area contributed by atoms with Gasteiger partial charge in [-0.3, -0.25) is 0 Å². The Bertz CT molecular complexity index is 733. The van der Waals surface area contributed by atoms with Gasteiger partial charge in [0.25, 0.3) is 0 Å². The number of rotatable bonds is 6. The van der Waals surface area contributed by atoms with Crippen LogP contribution >= 0.6 is 0 Å². The molecule has 1 heterocycles. The Morgan fingerprint density at radius 1 is 1.19 bits per heavy atom. The molecule has 2 amide bonds. The van der Waals surface area contributed by atoms with E-state index in [4.69, 9.17) is 14.2 Å². The van der Waals surface area contributed by atoms with Gasteiger partial charge < -0.3 is 24.4 Å². The van der Waals surface area contributed by atoms with E-state index >= 15 is 0 Å². The maximum absolute atomic E-state index is 12.3. The molecule has 0 unspecified atom stereocenters. The monoisotopic (exact) mass is 356 g/mol. The van der Waals surface area contributed by atoms with Gasteiger partial charge in [-0.1, -0.05) is 24.3 Å². The maximum Gasteiger partial charge on any atom is 0.317 e. The molecule has 1 aliphatic heterocycles. The van der Waals surface area contributed by atoms with Gasteiger partial charge in [-0.05, 0) is 36.8 Å². The molecule has 0 aromatic heterocycles. The third kappa shape index (κ3) is 4.59. The lowest BCUT2D eigenvalue weighted by Gasteiger charge is -2.27. The lowest BCUT2D eigenvalue weighted by atomic mass is 10.2. The number of nitrogens with one attached hydrogen (secondary N) is 1. The molecular weight excluding hydrogens is 332 g/mol. The highest BCUT2D eigenvalue weighted by Gasteiger charge is 2.21. The molecule has 1 aliphatic rings. The maximum atomic E-state index is 12.3. The molecule has 0 spiro atoms. The van der Waals surface area contributed by atoms with Crippen LogP contribution in [-0.2, 0) is 6.54 Å². The van der Waals surface area contributed by atoms with Crippen molar-refractivity contribution in [3.05, 3.63) is 54.1 Å². The fourth-order valence-corrected chi connectivity index (χ4v) is 2.70. The van der Waals surface area contributed by atoms with E-state index in [-0.39, 0.29) is 12.1 Å². The van der Waals surface area contributed by atoms with Crippen LogP contribution < -0.4 is 19.5 Å². The van der Waals surface area contributed by atoms with Crippen molar-refractivity contribution < 1.29 is 19.0 Å². The Morgan fingerprint density at radius 2 is 1.92 bits per heavy atom. The van der Waals surface area contributed by atoms with Gasteiger partial charge in [0.15, 0.2) is 17.6 Å². The highest BCUT2D eigenvalue weighted by Crippen LogP contribution is 2.30. The molecule has 0 bridgehead atoms. The summed E-state index contributed by atoms with van der Waals surface area (Å²) in [4.78, 5) is 13.9. The highest BCUT2D eigenvalue weighted by molar-refractivity contribution is 5.73. The first kappa shape index (κ1) is 17.9. The molecule has 0 saturated carbocycles. The topological polar surface area (TPSA) is 60.0 Å². The molecule has 1 atom stereocenters. The van der Waals surface area contributed by atoms with Gasteiger partial charge in [0.1, 0.15) is 12.4 Å². The molecule has 2 aromatic rings. The largest absolute Gasteiger partial charge is 0.494 e. The number of carbonyl (C=O) groups excluding carboxylic acids is 1. The van der Waals surface area contributed by atoms with E-state index < -0.39 is 0 Å². The number of fused-ring (bicyclic) bond motifs is 1. The summed E-state index contributed by atoms with van der Waals surface area (Å²) >= 11 is 0. The molecule has 1 N–H and O–H groups in total. The summed E-state index contributed by atoms with van der Waals surface area (Å²) in [6.07, 6.45) is -0.201. The zero-order valence-corrected chi connectivity index (χ0v) is 15.1. The number of nitrogens with zero attached hydrogens (tertiary/aromatic N) is 1. The number of amides is 2. The van der Waals surface area contributed by atoms with Crippen LogP contribution in [0.2, 0.25) is 0 Å². The number of para-hydroxylation sites is 2. The summed E-state index contributed by atoms with van der Waals surface area (Å²) in [5.74, 6) is 2.28. The molecule has 26 heavy (non-hydrogen) atoms. The zero-order valence-electron chi connectivity index (χ0n) is 15.1. The molecule has 0 aliphatic carbocycles. The second-order valence-corrected chi connectivity index (χ2v) is 6.12. The first-order valence-electron chi connectivity index (χ1n) is 8.75. The van der Waals surface area contributed by atoms with Crippen LogP contribution in [-0.4, -0.2) is 43.8 Å². The Morgan fingerprint density at radius 3 is 2.65 bits per heavy atom. The summed E-state index contributed by atoms with van der Waals surface area (Å²) in [7, 11) is 1.76. The SMILES string of the molecule is CCOc1ccc(CN(C)C(=O)NC[C@@H]2COc3ccccc3O2)cc1. The minimum atomic E-state index is -0.201. The van der Waals surface area contributed by atoms with Crippen LogP contribution in [0.3, 0.4) is 0 Å². The number of hydrogen-bond acceptors (Lipinski definition) is 4. The Labute approximate surface area is 153 Å². The van der Waals surface area contributed by atoms with Gasteiger partial charge >= 0.3 is 6.03 Å². The van der Waals surface area contributed by atoms with Crippen LogP contribution in [0.4, 0.5) is 4.79 Å². The lowest BCUT2D eigenvalue weighted by Crippen LogP contribution is -2.44. The number of ether oxygens (including phenoxy) is 3. The number of benzene rings is 2. The average molecular weight is 356 g/mol. The Balaban J connectivity index is 1.46.